The number of nitrogens with zero attached hydrogens (tertiary/aromatic N) is 1. The van der Waals surface area contributed by atoms with Crippen LogP contribution >= 0.6 is 11.3 Å². The van der Waals surface area contributed by atoms with Gasteiger partial charge in [0.2, 0.25) is 0 Å². The van der Waals surface area contributed by atoms with E-state index in [1.165, 1.54) is 6.92 Å². The minimum Gasteiger partial charge on any atom is -0.453 e. The molecule has 1 amide bonds. The minimum absolute atomic E-state index is 0.171. The van der Waals surface area contributed by atoms with Crippen LogP contribution in [0, 0.1) is 11.6 Å². The Morgan fingerprint density at radius 2 is 1.97 bits per heavy atom. The minimum atomic E-state index is -1.09. The Labute approximate surface area is 170 Å². The first-order chi connectivity index (χ1) is 13.9. The average molecular weight is 418 g/mol. The maximum atomic E-state index is 13.6. The topological polar surface area (TPSA) is 68.3 Å². The van der Waals surface area contributed by atoms with Crippen molar-refractivity contribution >= 4 is 39.1 Å². The summed E-state index contributed by atoms with van der Waals surface area (Å²) >= 11 is 1.64. The number of aryl methyl sites for hydroxylation is 1. The SMILES string of the molecule is C[C@@H](OC(=O)CCCCc1nc2ccccc2s1)C(=O)Nc1ccc(F)cc1F. The third-order valence-corrected chi connectivity index (χ3v) is 5.32. The highest BCUT2D eigenvalue weighted by molar-refractivity contribution is 7.18. The molecular weight excluding hydrogens is 398 g/mol. The van der Waals surface area contributed by atoms with Gasteiger partial charge in [0.25, 0.3) is 5.91 Å². The van der Waals surface area contributed by atoms with E-state index in [1.54, 1.807) is 11.3 Å². The maximum absolute atomic E-state index is 13.6. The lowest BCUT2D eigenvalue weighted by atomic mass is 10.2. The highest BCUT2D eigenvalue weighted by Crippen LogP contribution is 2.23. The summed E-state index contributed by atoms with van der Waals surface area (Å²) in [5.41, 5.74) is 0.805. The van der Waals surface area contributed by atoms with Gasteiger partial charge in [-0.3, -0.25) is 9.59 Å². The third kappa shape index (κ3) is 5.80. The number of nitrogens with one attached hydrogen (secondary N) is 1. The zero-order chi connectivity index (χ0) is 20.8. The van der Waals surface area contributed by atoms with E-state index in [0.29, 0.717) is 12.5 Å². The van der Waals surface area contributed by atoms with Crippen molar-refractivity contribution in [3.63, 3.8) is 0 Å². The molecule has 0 saturated heterocycles. The molecular formula is C21H20F2N2O3S. The molecule has 0 fully saturated rings. The van der Waals surface area contributed by atoms with Crippen molar-refractivity contribution in [2.75, 3.05) is 5.32 Å². The Bertz CT molecular complexity index is 989. The molecule has 29 heavy (non-hydrogen) atoms. The van der Waals surface area contributed by atoms with E-state index < -0.39 is 29.6 Å². The summed E-state index contributed by atoms with van der Waals surface area (Å²) < 4.78 is 32.7. The van der Waals surface area contributed by atoms with Crippen molar-refractivity contribution in [1.82, 2.24) is 4.98 Å². The van der Waals surface area contributed by atoms with Gasteiger partial charge in [-0.05, 0) is 50.5 Å². The molecule has 0 radical (unpaired) electrons. The fourth-order valence-corrected chi connectivity index (χ4v) is 3.72. The summed E-state index contributed by atoms with van der Waals surface area (Å²) in [7, 11) is 0. The fourth-order valence-electron chi connectivity index (χ4n) is 2.71. The number of fused-ring (bicyclic) bond motifs is 1. The maximum Gasteiger partial charge on any atom is 0.306 e. The molecule has 8 heteroatoms. The quantitative estimate of drug-likeness (QED) is 0.419. The smallest absolute Gasteiger partial charge is 0.306 e. The molecule has 0 saturated carbocycles. The van der Waals surface area contributed by atoms with Crippen molar-refractivity contribution in [1.29, 1.82) is 0 Å². The van der Waals surface area contributed by atoms with E-state index in [4.69, 9.17) is 4.74 Å². The summed E-state index contributed by atoms with van der Waals surface area (Å²) in [5.74, 6) is -2.83. The van der Waals surface area contributed by atoms with E-state index in [0.717, 1.165) is 40.2 Å². The van der Waals surface area contributed by atoms with Crippen LogP contribution < -0.4 is 5.32 Å². The van der Waals surface area contributed by atoms with E-state index >= 15 is 0 Å². The van der Waals surface area contributed by atoms with Gasteiger partial charge in [-0.15, -0.1) is 11.3 Å². The molecule has 3 aromatic rings. The molecule has 1 atom stereocenters. The Balaban J connectivity index is 1.39. The number of esters is 1. The van der Waals surface area contributed by atoms with Crippen molar-refractivity contribution in [3.8, 4) is 0 Å². The monoisotopic (exact) mass is 418 g/mol. The third-order valence-electron chi connectivity index (χ3n) is 4.23. The summed E-state index contributed by atoms with van der Waals surface area (Å²) in [6.45, 7) is 1.40. The molecule has 0 aliphatic carbocycles. The number of halogens is 2. The zero-order valence-corrected chi connectivity index (χ0v) is 16.6. The number of carbonyl (C=O) groups is 2. The number of amides is 1. The Hall–Kier alpha value is -2.87. The number of thiazole rings is 1. The van der Waals surface area contributed by atoms with Crippen LogP contribution in [0.5, 0.6) is 0 Å². The summed E-state index contributed by atoms with van der Waals surface area (Å²) in [4.78, 5) is 28.5. The van der Waals surface area contributed by atoms with Crippen molar-refractivity contribution in [2.45, 2.75) is 38.7 Å². The van der Waals surface area contributed by atoms with Gasteiger partial charge in [-0.1, -0.05) is 12.1 Å². The Kier molecular flexibility index (Phi) is 6.87. The molecule has 1 aromatic heterocycles. The van der Waals surface area contributed by atoms with Crippen LogP contribution in [0.3, 0.4) is 0 Å². The van der Waals surface area contributed by atoms with Crippen LogP contribution in [0.25, 0.3) is 10.2 Å². The first-order valence-electron chi connectivity index (χ1n) is 9.22. The Morgan fingerprint density at radius 3 is 2.72 bits per heavy atom. The van der Waals surface area contributed by atoms with Crippen LogP contribution in [0.4, 0.5) is 14.5 Å². The molecule has 0 bridgehead atoms. The van der Waals surface area contributed by atoms with Gasteiger partial charge < -0.3 is 10.1 Å². The lowest BCUT2D eigenvalue weighted by Crippen LogP contribution is -2.30. The van der Waals surface area contributed by atoms with Gasteiger partial charge in [-0.25, -0.2) is 13.8 Å². The number of benzene rings is 2. The van der Waals surface area contributed by atoms with Gasteiger partial charge in [-0.2, -0.15) is 0 Å². The van der Waals surface area contributed by atoms with E-state index in [9.17, 15) is 18.4 Å². The molecule has 152 valence electrons. The van der Waals surface area contributed by atoms with Gasteiger partial charge in [0.15, 0.2) is 6.10 Å². The van der Waals surface area contributed by atoms with Crippen LogP contribution in [-0.2, 0) is 20.7 Å². The number of ether oxygens (including phenoxy) is 1. The molecule has 0 unspecified atom stereocenters. The second-order valence-corrected chi connectivity index (χ2v) is 7.64. The van der Waals surface area contributed by atoms with Crippen molar-refractivity contribution in [3.05, 3.63) is 59.1 Å². The van der Waals surface area contributed by atoms with Gasteiger partial charge in [0.1, 0.15) is 11.6 Å². The summed E-state index contributed by atoms with van der Waals surface area (Å²) in [5, 5.41) is 3.30. The van der Waals surface area contributed by atoms with Crippen molar-refractivity contribution < 1.29 is 23.1 Å². The molecule has 0 aliphatic heterocycles. The largest absolute Gasteiger partial charge is 0.453 e. The number of carbonyl (C=O) groups excluding carboxylic acids is 2. The lowest BCUT2D eigenvalue weighted by Gasteiger charge is -2.14. The molecule has 0 spiro atoms. The zero-order valence-electron chi connectivity index (χ0n) is 15.8. The van der Waals surface area contributed by atoms with E-state index in [-0.39, 0.29) is 12.1 Å². The van der Waals surface area contributed by atoms with E-state index in [1.807, 2.05) is 24.3 Å². The first kappa shape index (κ1) is 20.9. The average Bonchev–Trinajstić information content (AvgIpc) is 3.10. The van der Waals surface area contributed by atoms with Crippen LogP contribution in [-0.4, -0.2) is 23.0 Å². The normalized spacial score (nSPS) is 12.0. The molecule has 3 rings (SSSR count). The Morgan fingerprint density at radius 1 is 1.17 bits per heavy atom. The summed E-state index contributed by atoms with van der Waals surface area (Å²) in [6.07, 6.45) is 1.24. The van der Waals surface area contributed by atoms with E-state index in [2.05, 4.69) is 10.3 Å². The molecule has 1 N–H and O–H groups in total. The van der Waals surface area contributed by atoms with Gasteiger partial charge in [0.05, 0.1) is 20.9 Å². The molecule has 0 aliphatic rings. The predicted octanol–water partition coefficient (Wildman–Crippen LogP) is 4.86. The fraction of sp³-hybridized carbons (Fsp3) is 0.286. The number of hydrogen-bond acceptors (Lipinski definition) is 5. The number of anilines is 1. The van der Waals surface area contributed by atoms with Crippen LogP contribution in [0.1, 0.15) is 31.2 Å². The highest BCUT2D eigenvalue weighted by Gasteiger charge is 2.19. The number of unbranched alkanes of at least 4 members (excludes halogenated alkanes) is 1. The van der Waals surface area contributed by atoms with Gasteiger partial charge >= 0.3 is 5.97 Å². The number of para-hydroxylation sites is 1. The molecule has 5 nitrogen and oxygen atoms in total. The first-order valence-corrected chi connectivity index (χ1v) is 10.0. The second kappa shape index (κ2) is 9.56. The number of rotatable bonds is 8. The number of hydrogen-bond donors (Lipinski definition) is 1. The standard InChI is InChI=1S/C21H20F2N2O3S/c1-13(21(27)25-16-11-10-14(22)12-15(16)23)28-20(26)9-5-4-8-19-24-17-6-2-3-7-18(17)29-19/h2-3,6-7,10-13H,4-5,8-9H2,1H3,(H,25,27)/t13-/m1/s1. The predicted molar refractivity (Wildman–Crippen MR) is 108 cm³/mol. The van der Waals surface area contributed by atoms with Crippen molar-refractivity contribution in [2.24, 2.45) is 0 Å². The molecule has 2 aromatic carbocycles. The number of aromatic nitrogens is 1. The van der Waals surface area contributed by atoms with Gasteiger partial charge in [0, 0.05) is 12.5 Å². The second-order valence-electron chi connectivity index (χ2n) is 6.53. The summed E-state index contributed by atoms with van der Waals surface area (Å²) in [6, 6.07) is 10.7. The van der Waals surface area contributed by atoms with Crippen LogP contribution in [0.2, 0.25) is 0 Å². The molecule has 1 heterocycles. The highest BCUT2D eigenvalue weighted by atomic mass is 32.1. The van der Waals surface area contributed by atoms with Crippen LogP contribution in [0.15, 0.2) is 42.5 Å². The lowest BCUT2D eigenvalue weighted by molar-refractivity contribution is -0.153.